The number of ether oxygens (including phenoxy) is 2. The Balaban J connectivity index is 1.55. The zero-order chi connectivity index (χ0) is 25.7. The monoisotopic (exact) mass is 548 g/mol. The third-order valence-corrected chi connectivity index (χ3v) is 9.26. The van der Waals surface area contributed by atoms with Gasteiger partial charge in [-0.25, -0.2) is 8.42 Å². The summed E-state index contributed by atoms with van der Waals surface area (Å²) < 4.78 is 39.2. The van der Waals surface area contributed by atoms with Crippen LogP contribution in [0.1, 0.15) is 22.0 Å². The summed E-state index contributed by atoms with van der Waals surface area (Å²) in [4.78, 5) is 16.7. The van der Waals surface area contributed by atoms with Crippen LogP contribution >= 0.6 is 22.9 Å². The third-order valence-electron chi connectivity index (χ3n) is 6.15. The fraction of sp³-hybridized carbons (Fsp3) is 0.346. The smallest absolute Gasteiger partial charge is 0.243 e. The average Bonchev–Trinajstić information content (AvgIpc) is 3.35. The first-order valence-corrected chi connectivity index (χ1v) is 14.3. The van der Waals surface area contributed by atoms with E-state index in [0.717, 1.165) is 17.5 Å². The highest BCUT2D eigenvalue weighted by Crippen LogP contribution is 2.34. The molecule has 1 aliphatic rings. The number of amides is 1. The first kappa shape index (κ1) is 26.6. The maximum Gasteiger partial charge on any atom is 0.243 e. The molecule has 10 heteroatoms. The van der Waals surface area contributed by atoms with Gasteiger partial charge in [0.2, 0.25) is 15.9 Å². The highest BCUT2D eigenvalue weighted by molar-refractivity contribution is 7.89. The minimum absolute atomic E-state index is 0.0714. The van der Waals surface area contributed by atoms with E-state index in [-0.39, 0.29) is 43.1 Å². The Morgan fingerprint density at radius 1 is 1.14 bits per heavy atom. The van der Waals surface area contributed by atoms with Crippen LogP contribution in [-0.2, 0) is 26.0 Å². The summed E-state index contributed by atoms with van der Waals surface area (Å²) in [5.41, 5.74) is 2.00. The number of hydrogen-bond acceptors (Lipinski definition) is 6. The number of rotatable bonds is 10. The molecule has 3 aromatic rings. The molecule has 1 aromatic heterocycles. The van der Waals surface area contributed by atoms with Crippen LogP contribution in [0.25, 0.3) is 0 Å². The summed E-state index contributed by atoms with van der Waals surface area (Å²) >= 11 is 7.64. The predicted molar refractivity (Wildman–Crippen MR) is 141 cm³/mol. The topological polar surface area (TPSA) is 76.2 Å². The second-order valence-corrected chi connectivity index (χ2v) is 11.9. The number of halogens is 1. The summed E-state index contributed by atoms with van der Waals surface area (Å²) in [6.07, 6.45) is 0.721. The molecule has 1 atom stereocenters. The number of methoxy groups -OCH3 is 1. The van der Waals surface area contributed by atoms with E-state index in [1.165, 1.54) is 16.3 Å². The first-order valence-electron chi connectivity index (χ1n) is 11.6. The molecule has 192 valence electrons. The average molecular weight is 549 g/mol. The lowest BCUT2D eigenvalue weighted by Crippen LogP contribution is -2.48. The van der Waals surface area contributed by atoms with Crippen LogP contribution in [0.15, 0.2) is 64.9 Å². The fourth-order valence-electron chi connectivity index (χ4n) is 4.16. The molecule has 0 N–H and O–H groups in total. The van der Waals surface area contributed by atoms with Crippen molar-refractivity contribution in [1.82, 2.24) is 9.21 Å². The van der Waals surface area contributed by atoms with Gasteiger partial charge >= 0.3 is 0 Å². The van der Waals surface area contributed by atoms with Crippen LogP contribution in [0.5, 0.6) is 5.75 Å². The van der Waals surface area contributed by atoms with Gasteiger partial charge in [-0.1, -0.05) is 29.3 Å². The molecule has 2 aromatic carbocycles. The summed E-state index contributed by atoms with van der Waals surface area (Å²) in [6.45, 7) is 2.60. The summed E-state index contributed by atoms with van der Waals surface area (Å²) in [5, 5.41) is 2.63. The SMILES string of the molecule is COCCN(CC(=O)N1CCc2sccc2C1COc1ccc(Cl)cc1)S(=O)(=O)c1ccc(C)cc1. The molecule has 2 heterocycles. The van der Waals surface area contributed by atoms with Crippen LogP contribution in [0, 0.1) is 6.92 Å². The highest BCUT2D eigenvalue weighted by Gasteiger charge is 2.35. The molecule has 7 nitrogen and oxygen atoms in total. The van der Waals surface area contributed by atoms with Crippen LogP contribution < -0.4 is 4.74 Å². The van der Waals surface area contributed by atoms with E-state index in [2.05, 4.69) is 0 Å². The number of aryl methyl sites for hydroxylation is 1. The standard InChI is InChI=1S/C26H29ClN2O5S2/c1-19-3-9-22(10-4-19)36(31,32)28(14-15-33-2)17-26(30)29-13-11-25-23(12-16-35-25)24(29)18-34-21-7-5-20(27)6-8-21/h3-10,12,16,24H,11,13-15,17-18H2,1-2H3. The zero-order valence-corrected chi connectivity index (χ0v) is 22.6. The normalized spacial score (nSPS) is 15.7. The maximum atomic E-state index is 13.6. The number of thiophene rings is 1. The van der Waals surface area contributed by atoms with E-state index in [1.807, 2.05) is 18.4 Å². The summed E-state index contributed by atoms with van der Waals surface area (Å²) in [5.74, 6) is 0.376. The Morgan fingerprint density at radius 2 is 1.86 bits per heavy atom. The van der Waals surface area contributed by atoms with Crippen molar-refractivity contribution in [3.05, 3.63) is 81.0 Å². The number of carbonyl (C=O) groups excluding carboxylic acids is 1. The lowest BCUT2D eigenvalue weighted by atomic mass is 10.0. The van der Waals surface area contributed by atoms with E-state index in [4.69, 9.17) is 21.1 Å². The highest BCUT2D eigenvalue weighted by atomic mass is 35.5. The van der Waals surface area contributed by atoms with Crippen LogP contribution in [0.2, 0.25) is 5.02 Å². The molecule has 1 unspecified atom stereocenters. The number of carbonyl (C=O) groups is 1. The van der Waals surface area contributed by atoms with E-state index in [0.29, 0.717) is 17.3 Å². The van der Waals surface area contributed by atoms with Gasteiger partial charge in [0.05, 0.1) is 24.1 Å². The van der Waals surface area contributed by atoms with Crippen LogP contribution in [0.4, 0.5) is 0 Å². The van der Waals surface area contributed by atoms with E-state index in [1.54, 1.807) is 64.8 Å². The number of sulfonamides is 1. The number of fused-ring (bicyclic) bond motifs is 1. The van der Waals surface area contributed by atoms with Gasteiger partial charge in [0.15, 0.2) is 0 Å². The van der Waals surface area contributed by atoms with Crippen molar-refractivity contribution in [3.63, 3.8) is 0 Å². The van der Waals surface area contributed by atoms with Crippen molar-refractivity contribution >= 4 is 38.9 Å². The Bertz CT molecular complexity index is 1280. The fourth-order valence-corrected chi connectivity index (χ4v) is 6.59. The molecule has 1 amide bonds. The molecule has 0 aliphatic carbocycles. The van der Waals surface area contributed by atoms with Gasteiger partial charge < -0.3 is 14.4 Å². The second kappa shape index (κ2) is 11.7. The Morgan fingerprint density at radius 3 is 2.56 bits per heavy atom. The third kappa shape index (κ3) is 6.10. The molecule has 0 fully saturated rings. The van der Waals surface area contributed by atoms with Crippen molar-refractivity contribution in [2.45, 2.75) is 24.3 Å². The Labute approximate surface area is 221 Å². The summed E-state index contributed by atoms with van der Waals surface area (Å²) in [6, 6.07) is 15.4. The van der Waals surface area contributed by atoms with Crippen molar-refractivity contribution in [3.8, 4) is 5.75 Å². The van der Waals surface area contributed by atoms with E-state index in [9.17, 15) is 13.2 Å². The van der Waals surface area contributed by atoms with Crippen molar-refractivity contribution in [2.75, 3.05) is 40.0 Å². The molecule has 4 rings (SSSR count). The lowest BCUT2D eigenvalue weighted by molar-refractivity contribution is -0.135. The van der Waals surface area contributed by atoms with Crippen molar-refractivity contribution in [2.24, 2.45) is 0 Å². The number of benzene rings is 2. The molecule has 0 saturated heterocycles. The molecule has 0 bridgehead atoms. The van der Waals surface area contributed by atoms with Crippen molar-refractivity contribution in [1.29, 1.82) is 0 Å². The molecular weight excluding hydrogens is 520 g/mol. The van der Waals surface area contributed by atoms with Gasteiger partial charge in [-0.2, -0.15) is 4.31 Å². The van der Waals surface area contributed by atoms with Gasteiger partial charge in [0.25, 0.3) is 0 Å². The molecular formula is C26H29ClN2O5S2. The predicted octanol–water partition coefficient (Wildman–Crippen LogP) is 4.55. The van der Waals surface area contributed by atoms with E-state index < -0.39 is 10.0 Å². The lowest BCUT2D eigenvalue weighted by Gasteiger charge is -2.37. The van der Waals surface area contributed by atoms with Gasteiger partial charge in [-0.05, 0) is 66.8 Å². The van der Waals surface area contributed by atoms with Crippen LogP contribution in [-0.4, -0.2) is 63.5 Å². The second-order valence-electron chi connectivity index (χ2n) is 8.56. The van der Waals surface area contributed by atoms with Gasteiger partial charge in [-0.15, -0.1) is 11.3 Å². The maximum absolute atomic E-state index is 13.6. The van der Waals surface area contributed by atoms with E-state index >= 15 is 0 Å². The van der Waals surface area contributed by atoms with Gasteiger partial charge in [0, 0.05) is 30.1 Å². The number of hydrogen-bond donors (Lipinski definition) is 0. The van der Waals surface area contributed by atoms with Crippen LogP contribution in [0.3, 0.4) is 0 Å². The van der Waals surface area contributed by atoms with Gasteiger partial charge in [0.1, 0.15) is 12.4 Å². The van der Waals surface area contributed by atoms with Crippen molar-refractivity contribution < 1.29 is 22.7 Å². The Hall–Kier alpha value is -2.43. The zero-order valence-electron chi connectivity index (χ0n) is 20.2. The number of nitrogens with zero attached hydrogens (tertiary/aromatic N) is 2. The summed E-state index contributed by atoms with van der Waals surface area (Å²) in [7, 11) is -2.38. The molecule has 0 saturated carbocycles. The molecule has 1 aliphatic heterocycles. The largest absolute Gasteiger partial charge is 0.491 e. The quantitative estimate of drug-likeness (QED) is 0.371. The molecule has 0 radical (unpaired) electrons. The minimum atomic E-state index is -3.89. The van der Waals surface area contributed by atoms with Gasteiger partial charge in [-0.3, -0.25) is 4.79 Å². The Kier molecular flexibility index (Phi) is 8.69. The molecule has 36 heavy (non-hydrogen) atoms. The molecule has 0 spiro atoms. The first-order chi connectivity index (χ1) is 17.3. The minimum Gasteiger partial charge on any atom is -0.491 e.